The molecule has 0 radical (unpaired) electrons. The smallest absolute Gasteiger partial charge is 0.231 e. The van der Waals surface area contributed by atoms with Gasteiger partial charge in [0, 0.05) is 4.88 Å². The number of fused-ring (bicyclic) bond motifs is 1. The fraction of sp³-hybridized carbons (Fsp3) is 0.143. The van der Waals surface area contributed by atoms with E-state index < -0.39 is 0 Å². The summed E-state index contributed by atoms with van der Waals surface area (Å²) in [5.41, 5.74) is 1.21. The van der Waals surface area contributed by atoms with Crippen LogP contribution in [0.2, 0.25) is 0 Å². The molecule has 0 amide bonds. The topological polar surface area (TPSA) is 35.0 Å². The van der Waals surface area contributed by atoms with Gasteiger partial charge in [0.25, 0.3) is 0 Å². The van der Waals surface area contributed by atoms with Crippen LogP contribution < -0.4 is 4.74 Å². The van der Waals surface area contributed by atoms with Crippen molar-refractivity contribution in [3.8, 4) is 11.6 Å². The van der Waals surface area contributed by atoms with E-state index in [0.29, 0.717) is 5.88 Å². The third-order valence-electron chi connectivity index (χ3n) is 2.65. The second-order valence-corrected chi connectivity index (χ2v) is 5.40. The lowest BCUT2D eigenvalue weighted by atomic mass is 10.2. The Hall–Kier alpha value is -1.94. The predicted molar refractivity (Wildman–Crippen MR) is 73.4 cm³/mol. The molecule has 90 valence electrons. The molecule has 0 saturated carbocycles. The maximum Gasteiger partial charge on any atom is 0.231 e. The summed E-state index contributed by atoms with van der Waals surface area (Å²) < 4.78 is 5.82. The first-order chi connectivity index (χ1) is 8.72. The van der Waals surface area contributed by atoms with Gasteiger partial charge in [-0.25, -0.2) is 9.97 Å². The van der Waals surface area contributed by atoms with Crippen molar-refractivity contribution in [3.05, 3.63) is 47.1 Å². The molecule has 0 spiro atoms. The van der Waals surface area contributed by atoms with E-state index >= 15 is 0 Å². The first-order valence-corrected chi connectivity index (χ1v) is 6.50. The highest BCUT2D eigenvalue weighted by Gasteiger charge is 2.08. The molecule has 0 atom stereocenters. The van der Waals surface area contributed by atoms with Gasteiger partial charge in [-0.2, -0.15) is 0 Å². The number of hydrogen-bond donors (Lipinski definition) is 0. The van der Waals surface area contributed by atoms with Gasteiger partial charge < -0.3 is 4.74 Å². The first-order valence-electron chi connectivity index (χ1n) is 5.68. The second kappa shape index (κ2) is 4.38. The van der Waals surface area contributed by atoms with Gasteiger partial charge in [0.05, 0.1) is 5.39 Å². The van der Waals surface area contributed by atoms with Crippen LogP contribution >= 0.6 is 11.3 Å². The molecule has 0 unspecified atom stereocenters. The summed E-state index contributed by atoms with van der Waals surface area (Å²) in [4.78, 5) is 10.6. The Labute approximate surface area is 109 Å². The summed E-state index contributed by atoms with van der Waals surface area (Å²) in [7, 11) is 0. The van der Waals surface area contributed by atoms with Gasteiger partial charge in [0.2, 0.25) is 5.88 Å². The van der Waals surface area contributed by atoms with Gasteiger partial charge in [-0.1, -0.05) is 17.7 Å². The molecule has 0 fully saturated rings. The van der Waals surface area contributed by atoms with Crippen molar-refractivity contribution in [2.24, 2.45) is 0 Å². The van der Waals surface area contributed by atoms with Crippen molar-refractivity contribution in [1.29, 1.82) is 0 Å². The maximum atomic E-state index is 5.82. The molecule has 3 rings (SSSR count). The van der Waals surface area contributed by atoms with Gasteiger partial charge in [-0.05, 0) is 32.0 Å². The average Bonchev–Trinajstić information content (AvgIpc) is 2.73. The van der Waals surface area contributed by atoms with Crippen molar-refractivity contribution < 1.29 is 4.74 Å². The molecular weight excluding hydrogens is 244 g/mol. The van der Waals surface area contributed by atoms with Gasteiger partial charge >= 0.3 is 0 Å². The lowest BCUT2D eigenvalue weighted by molar-refractivity contribution is 0.468. The van der Waals surface area contributed by atoms with Crippen LogP contribution in [-0.2, 0) is 0 Å². The van der Waals surface area contributed by atoms with Crippen LogP contribution in [0, 0.1) is 13.8 Å². The molecule has 0 aliphatic carbocycles. The Kier molecular flexibility index (Phi) is 2.72. The summed E-state index contributed by atoms with van der Waals surface area (Å²) in [5, 5.41) is 0.973. The third kappa shape index (κ3) is 2.07. The summed E-state index contributed by atoms with van der Waals surface area (Å²) in [6.07, 6.45) is 1.54. The number of hydrogen-bond acceptors (Lipinski definition) is 4. The highest BCUT2D eigenvalue weighted by atomic mass is 32.1. The molecule has 2 aromatic heterocycles. The van der Waals surface area contributed by atoms with Gasteiger partial charge in [0.1, 0.15) is 16.9 Å². The van der Waals surface area contributed by atoms with Crippen LogP contribution in [0.4, 0.5) is 0 Å². The van der Waals surface area contributed by atoms with E-state index in [9.17, 15) is 0 Å². The van der Waals surface area contributed by atoms with E-state index in [-0.39, 0.29) is 0 Å². The Bertz CT molecular complexity index is 689. The summed E-state index contributed by atoms with van der Waals surface area (Å²) in [6, 6.07) is 9.99. The molecular formula is C14H12N2OS. The molecule has 3 aromatic rings. The molecule has 18 heavy (non-hydrogen) atoms. The fourth-order valence-corrected chi connectivity index (χ4v) is 2.59. The quantitative estimate of drug-likeness (QED) is 0.692. The Morgan fingerprint density at radius 3 is 2.61 bits per heavy atom. The molecule has 0 N–H and O–H groups in total. The van der Waals surface area contributed by atoms with E-state index in [0.717, 1.165) is 16.0 Å². The van der Waals surface area contributed by atoms with Crippen LogP contribution in [0.25, 0.3) is 10.2 Å². The molecule has 0 saturated heterocycles. The van der Waals surface area contributed by atoms with Crippen LogP contribution in [0.3, 0.4) is 0 Å². The minimum absolute atomic E-state index is 0.619. The Balaban J connectivity index is 2.01. The van der Waals surface area contributed by atoms with E-state index in [1.165, 1.54) is 10.4 Å². The van der Waals surface area contributed by atoms with Gasteiger partial charge in [0.15, 0.2) is 0 Å². The van der Waals surface area contributed by atoms with Crippen molar-refractivity contribution in [2.75, 3.05) is 0 Å². The van der Waals surface area contributed by atoms with Crippen LogP contribution in [0.5, 0.6) is 11.6 Å². The standard InChI is InChI=1S/C14H12N2OS/c1-9-3-5-11(6-4-9)17-13-12-7-10(2)18-14(12)16-8-15-13/h3-8H,1-2H3. The van der Waals surface area contributed by atoms with Gasteiger partial charge in [-0.3, -0.25) is 0 Å². The highest BCUT2D eigenvalue weighted by molar-refractivity contribution is 7.18. The molecule has 0 aliphatic rings. The van der Waals surface area contributed by atoms with E-state index in [1.54, 1.807) is 17.7 Å². The highest BCUT2D eigenvalue weighted by Crippen LogP contribution is 2.31. The number of benzene rings is 1. The Morgan fingerprint density at radius 1 is 1.06 bits per heavy atom. The second-order valence-electron chi connectivity index (χ2n) is 4.17. The van der Waals surface area contributed by atoms with Crippen molar-refractivity contribution >= 4 is 21.6 Å². The van der Waals surface area contributed by atoms with Gasteiger partial charge in [-0.15, -0.1) is 11.3 Å². The monoisotopic (exact) mass is 256 g/mol. The molecule has 3 nitrogen and oxygen atoms in total. The lowest BCUT2D eigenvalue weighted by Gasteiger charge is -2.05. The maximum absolute atomic E-state index is 5.82. The number of rotatable bonds is 2. The zero-order valence-electron chi connectivity index (χ0n) is 10.2. The zero-order valence-corrected chi connectivity index (χ0v) is 11.0. The number of aromatic nitrogens is 2. The van der Waals surface area contributed by atoms with E-state index in [1.807, 2.05) is 24.3 Å². The number of thiophene rings is 1. The zero-order chi connectivity index (χ0) is 12.5. The average molecular weight is 256 g/mol. The Morgan fingerprint density at radius 2 is 1.83 bits per heavy atom. The van der Waals surface area contributed by atoms with E-state index in [4.69, 9.17) is 4.74 Å². The molecule has 2 heterocycles. The SMILES string of the molecule is Cc1ccc(Oc2ncnc3sc(C)cc23)cc1. The van der Waals surface area contributed by atoms with Crippen molar-refractivity contribution in [2.45, 2.75) is 13.8 Å². The first kappa shape index (κ1) is 11.2. The molecule has 4 heteroatoms. The summed E-state index contributed by atoms with van der Waals surface area (Å²) >= 11 is 1.65. The molecule has 0 aliphatic heterocycles. The lowest BCUT2D eigenvalue weighted by Crippen LogP contribution is -1.89. The fourth-order valence-electron chi connectivity index (χ4n) is 1.75. The normalized spacial score (nSPS) is 10.8. The minimum atomic E-state index is 0.619. The van der Waals surface area contributed by atoms with Crippen LogP contribution in [-0.4, -0.2) is 9.97 Å². The largest absolute Gasteiger partial charge is 0.438 e. The van der Waals surface area contributed by atoms with Crippen molar-refractivity contribution in [3.63, 3.8) is 0 Å². The number of nitrogens with zero attached hydrogens (tertiary/aromatic N) is 2. The third-order valence-corrected chi connectivity index (χ3v) is 3.61. The molecule has 0 bridgehead atoms. The molecule has 1 aromatic carbocycles. The summed E-state index contributed by atoms with van der Waals surface area (Å²) in [6.45, 7) is 4.11. The van der Waals surface area contributed by atoms with E-state index in [2.05, 4.69) is 29.9 Å². The van der Waals surface area contributed by atoms with Crippen molar-refractivity contribution in [1.82, 2.24) is 9.97 Å². The minimum Gasteiger partial charge on any atom is -0.438 e. The number of aryl methyl sites for hydroxylation is 2. The van der Waals surface area contributed by atoms with Crippen LogP contribution in [0.15, 0.2) is 36.7 Å². The summed E-state index contributed by atoms with van der Waals surface area (Å²) in [5.74, 6) is 1.41. The van der Waals surface area contributed by atoms with Crippen LogP contribution in [0.1, 0.15) is 10.4 Å². The number of ether oxygens (including phenoxy) is 1. The predicted octanol–water partition coefficient (Wildman–Crippen LogP) is 4.10.